The van der Waals surface area contributed by atoms with Gasteiger partial charge in [0.25, 0.3) is 0 Å². The molecule has 2 aromatic rings. The van der Waals surface area contributed by atoms with Crippen molar-refractivity contribution < 1.29 is 19.0 Å². The summed E-state index contributed by atoms with van der Waals surface area (Å²) < 4.78 is 16.1. The number of hydrogen-bond acceptors (Lipinski definition) is 4. The molecule has 134 valence electrons. The summed E-state index contributed by atoms with van der Waals surface area (Å²) in [6, 6.07) is 13.2. The molecule has 3 rings (SSSR count). The number of esters is 1. The second-order valence-corrected chi connectivity index (χ2v) is 6.03. The van der Waals surface area contributed by atoms with Gasteiger partial charge in [-0.2, -0.15) is 0 Å². The fourth-order valence-corrected chi connectivity index (χ4v) is 2.77. The normalized spacial score (nSPS) is 13.3. The van der Waals surface area contributed by atoms with Crippen molar-refractivity contribution in [3.63, 3.8) is 0 Å². The van der Waals surface area contributed by atoms with E-state index in [2.05, 4.69) is 19.1 Å². The van der Waals surface area contributed by atoms with Gasteiger partial charge in [0.2, 0.25) is 0 Å². The smallest absolute Gasteiger partial charge is 0.338 e. The lowest BCUT2D eigenvalue weighted by Gasteiger charge is -2.19. The van der Waals surface area contributed by atoms with E-state index in [9.17, 15) is 4.79 Å². The molecular formula is C22H22O4. The van der Waals surface area contributed by atoms with Crippen molar-refractivity contribution in [2.75, 3.05) is 20.3 Å². The Labute approximate surface area is 153 Å². The zero-order chi connectivity index (χ0) is 18.5. The zero-order valence-electron chi connectivity index (χ0n) is 15.2. The van der Waals surface area contributed by atoms with Gasteiger partial charge in [0.05, 0.1) is 19.3 Å². The quantitative estimate of drug-likeness (QED) is 0.730. The summed E-state index contributed by atoms with van der Waals surface area (Å²) in [5.41, 5.74) is 4.87. The number of carbonyl (C=O) groups excluding carboxylic acids is 1. The summed E-state index contributed by atoms with van der Waals surface area (Å²) in [6.07, 6.45) is 4.22. The van der Waals surface area contributed by atoms with Crippen molar-refractivity contribution in [3.8, 4) is 11.5 Å². The molecule has 1 aliphatic heterocycles. The molecule has 0 fully saturated rings. The Balaban J connectivity index is 1.79. The van der Waals surface area contributed by atoms with Crippen molar-refractivity contribution in [2.24, 2.45) is 0 Å². The highest BCUT2D eigenvalue weighted by Crippen LogP contribution is 2.32. The number of carbonyl (C=O) groups is 1. The van der Waals surface area contributed by atoms with Crippen LogP contribution < -0.4 is 9.47 Å². The zero-order valence-corrected chi connectivity index (χ0v) is 15.2. The monoisotopic (exact) mass is 350 g/mol. The molecule has 1 heterocycles. The Morgan fingerprint density at radius 3 is 2.65 bits per heavy atom. The maximum Gasteiger partial charge on any atom is 0.338 e. The fraction of sp³-hybridized carbons (Fsp3) is 0.227. The van der Waals surface area contributed by atoms with Crippen LogP contribution in [0, 0.1) is 0 Å². The van der Waals surface area contributed by atoms with E-state index in [4.69, 9.17) is 14.2 Å². The largest absolute Gasteiger partial charge is 0.497 e. The summed E-state index contributed by atoms with van der Waals surface area (Å²) in [5, 5.41) is 0. The third kappa shape index (κ3) is 3.97. The molecular weight excluding hydrogens is 328 g/mol. The highest BCUT2D eigenvalue weighted by Gasteiger charge is 2.13. The van der Waals surface area contributed by atoms with Crippen LogP contribution in [-0.4, -0.2) is 26.3 Å². The van der Waals surface area contributed by atoms with Gasteiger partial charge in [0, 0.05) is 11.6 Å². The first kappa shape index (κ1) is 17.8. The van der Waals surface area contributed by atoms with E-state index in [0.29, 0.717) is 18.8 Å². The van der Waals surface area contributed by atoms with E-state index in [0.717, 1.165) is 33.8 Å². The maximum absolute atomic E-state index is 11.7. The first-order chi connectivity index (χ1) is 12.6. The lowest BCUT2D eigenvalue weighted by molar-refractivity contribution is 0.0526. The molecule has 0 spiro atoms. The molecule has 0 N–H and O–H groups in total. The van der Waals surface area contributed by atoms with Crippen LogP contribution in [0.1, 0.15) is 35.3 Å². The Bertz CT molecular complexity index is 860. The van der Waals surface area contributed by atoms with E-state index < -0.39 is 0 Å². The van der Waals surface area contributed by atoms with Gasteiger partial charge < -0.3 is 14.2 Å². The molecule has 0 aromatic heterocycles. The van der Waals surface area contributed by atoms with E-state index in [1.807, 2.05) is 30.3 Å². The van der Waals surface area contributed by atoms with E-state index in [-0.39, 0.29) is 5.97 Å². The van der Waals surface area contributed by atoms with Gasteiger partial charge in [0.15, 0.2) is 0 Å². The Morgan fingerprint density at radius 2 is 1.96 bits per heavy atom. The van der Waals surface area contributed by atoms with Gasteiger partial charge >= 0.3 is 5.97 Å². The predicted octanol–water partition coefficient (Wildman–Crippen LogP) is 4.75. The summed E-state index contributed by atoms with van der Waals surface area (Å²) in [6.45, 7) is 4.75. The molecule has 1 aliphatic rings. The molecule has 4 heteroatoms. The average Bonchev–Trinajstić information content (AvgIpc) is 2.67. The minimum absolute atomic E-state index is 0.296. The third-order valence-electron chi connectivity index (χ3n) is 4.25. The standard InChI is InChI=1S/C22H22O4/c1-4-25-22(23)17-7-5-16(6-8-17)11-15(2)19-12-18-9-10-20(24-3)13-21(18)26-14-19/h5-13H,4,14H2,1-3H3/b15-11+. The van der Waals surface area contributed by atoms with Gasteiger partial charge in [-0.15, -0.1) is 0 Å². The molecule has 0 saturated heterocycles. The minimum Gasteiger partial charge on any atom is -0.497 e. The summed E-state index contributed by atoms with van der Waals surface area (Å²) in [4.78, 5) is 11.7. The van der Waals surface area contributed by atoms with Gasteiger partial charge in [-0.25, -0.2) is 4.79 Å². The van der Waals surface area contributed by atoms with Crippen LogP contribution in [-0.2, 0) is 4.74 Å². The lowest BCUT2D eigenvalue weighted by atomic mass is 9.99. The average molecular weight is 350 g/mol. The number of rotatable bonds is 5. The van der Waals surface area contributed by atoms with Crippen molar-refractivity contribution in [2.45, 2.75) is 13.8 Å². The van der Waals surface area contributed by atoms with Gasteiger partial charge in [-0.3, -0.25) is 0 Å². The Kier molecular flexibility index (Phi) is 5.42. The van der Waals surface area contributed by atoms with Crippen LogP contribution in [0.25, 0.3) is 12.2 Å². The Morgan fingerprint density at radius 1 is 1.19 bits per heavy atom. The number of hydrogen-bond donors (Lipinski definition) is 0. The molecule has 0 saturated carbocycles. The second-order valence-electron chi connectivity index (χ2n) is 6.03. The molecule has 0 unspecified atom stereocenters. The van der Waals surface area contributed by atoms with Crippen LogP contribution in [0.4, 0.5) is 0 Å². The van der Waals surface area contributed by atoms with Crippen LogP contribution in [0.5, 0.6) is 11.5 Å². The van der Waals surface area contributed by atoms with Crippen molar-refractivity contribution in [1.82, 2.24) is 0 Å². The Hall–Kier alpha value is -3.01. The maximum atomic E-state index is 11.7. The predicted molar refractivity (Wildman–Crippen MR) is 103 cm³/mol. The van der Waals surface area contributed by atoms with Crippen molar-refractivity contribution in [3.05, 3.63) is 70.3 Å². The molecule has 0 amide bonds. The van der Waals surface area contributed by atoms with Gasteiger partial charge in [0.1, 0.15) is 18.1 Å². The van der Waals surface area contributed by atoms with Gasteiger partial charge in [-0.05, 0) is 60.9 Å². The van der Waals surface area contributed by atoms with Crippen LogP contribution >= 0.6 is 0 Å². The highest BCUT2D eigenvalue weighted by atomic mass is 16.5. The van der Waals surface area contributed by atoms with E-state index in [1.165, 1.54) is 0 Å². The van der Waals surface area contributed by atoms with Crippen molar-refractivity contribution in [1.29, 1.82) is 0 Å². The molecule has 4 nitrogen and oxygen atoms in total. The lowest BCUT2D eigenvalue weighted by Crippen LogP contribution is -2.08. The fourth-order valence-electron chi connectivity index (χ4n) is 2.77. The minimum atomic E-state index is -0.296. The van der Waals surface area contributed by atoms with E-state index >= 15 is 0 Å². The number of benzene rings is 2. The first-order valence-corrected chi connectivity index (χ1v) is 8.58. The summed E-state index contributed by atoms with van der Waals surface area (Å²) in [7, 11) is 1.64. The van der Waals surface area contributed by atoms with Crippen LogP contribution in [0.2, 0.25) is 0 Å². The highest BCUT2D eigenvalue weighted by molar-refractivity contribution is 5.89. The van der Waals surface area contributed by atoms with Gasteiger partial charge in [-0.1, -0.05) is 18.2 Å². The van der Waals surface area contributed by atoms with Crippen molar-refractivity contribution >= 4 is 18.1 Å². The number of ether oxygens (including phenoxy) is 3. The summed E-state index contributed by atoms with van der Waals surface area (Å²) in [5.74, 6) is 1.32. The molecule has 0 aliphatic carbocycles. The molecule has 0 radical (unpaired) electrons. The molecule has 2 aromatic carbocycles. The molecule has 26 heavy (non-hydrogen) atoms. The third-order valence-corrected chi connectivity index (χ3v) is 4.25. The van der Waals surface area contributed by atoms with E-state index in [1.54, 1.807) is 26.2 Å². The number of methoxy groups -OCH3 is 1. The van der Waals surface area contributed by atoms with Crippen LogP contribution in [0.3, 0.4) is 0 Å². The second kappa shape index (κ2) is 7.91. The SMILES string of the molecule is CCOC(=O)c1ccc(/C=C(\C)C2=Cc3ccc(OC)cc3OC2)cc1. The molecule has 0 bridgehead atoms. The molecule has 0 atom stereocenters. The van der Waals surface area contributed by atoms with Crippen LogP contribution in [0.15, 0.2) is 53.6 Å². The first-order valence-electron chi connectivity index (χ1n) is 8.58. The number of fused-ring (bicyclic) bond motifs is 1. The topological polar surface area (TPSA) is 44.8 Å². The summed E-state index contributed by atoms with van der Waals surface area (Å²) >= 11 is 0.